The minimum absolute atomic E-state index is 0.0342. The number of carboxylic acids is 1. The van der Waals surface area contributed by atoms with Gasteiger partial charge >= 0.3 is 5.97 Å². The zero-order chi connectivity index (χ0) is 28.2. The summed E-state index contributed by atoms with van der Waals surface area (Å²) < 4.78 is 0. The molecule has 0 unspecified atom stereocenters. The first-order chi connectivity index (χ1) is 18.5. The van der Waals surface area contributed by atoms with Crippen molar-refractivity contribution in [3.05, 3.63) is 98.8 Å². The van der Waals surface area contributed by atoms with Crippen molar-refractivity contribution in [3.63, 3.8) is 0 Å². The number of rotatable bonds is 9. The first kappa shape index (κ1) is 28.6. The Kier molecular flexibility index (Phi) is 8.95. The summed E-state index contributed by atoms with van der Waals surface area (Å²) in [6, 6.07) is 21.2. The summed E-state index contributed by atoms with van der Waals surface area (Å²) in [6.07, 6.45) is -0.120. The van der Waals surface area contributed by atoms with E-state index in [9.17, 15) is 9.59 Å². The molecule has 0 aliphatic rings. The van der Waals surface area contributed by atoms with Gasteiger partial charge in [-0.15, -0.1) is 11.3 Å². The normalized spacial score (nSPS) is 11.3. The molecule has 1 heterocycles. The molecule has 0 radical (unpaired) electrons. The maximum absolute atomic E-state index is 12.4. The van der Waals surface area contributed by atoms with Gasteiger partial charge in [0.15, 0.2) is 5.13 Å². The molecule has 6 nitrogen and oxygen atoms in total. The lowest BCUT2D eigenvalue weighted by Gasteiger charge is -2.24. The van der Waals surface area contributed by atoms with Crippen LogP contribution in [0.3, 0.4) is 0 Å². The molecule has 0 spiro atoms. The molecule has 2 N–H and O–H groups in total. The van der Waals surface area contributed by atoms with Gasteiger partial charge in [0, 0.05) is 28.7 Å². The summed E-state index contributed by atoms with van der Waals surface area (Å²) in [7, 11) is 0. The van der Waals surface area contributed by atoms with Crippen molar-refractivity contribution in [2.45, 2.75) is 39.2 Å². The van der Waals surface area contributed by atoms with Gasteiger partial charge in [0.05, 0.1) is 28.7 Å². The topological polar surface area (TPSA) is 82.5 Å². The Balaban J connectivity index is 1.61. The van der Waals surface area contributed by atoms with E-state index in [-0.39, 0.29) is 24.3 Å². The lowest BCUT2D eigenvalue weighted by Crippen LogP contribution is -2.26. The summed E-state index contributed by atoms with van der Waals surface area (Å²) in [6.45, 7) is 7.17. The Labute approximate surface area is 242 Å². The molecule has 39 heavy (non-hydrogen) atoms. The van der Waals surface area contributed by atoms with Crippen molar-refractivity contribution in [2.24, 2.45) is 0 Å². The van der Waals surface area contributed by atoms with Crippen molar-refractivity contribution in [3.8, 4) is 11.3 Å². The third-order valence-corrected chi connectivity index (χ3v) is 7.77. The van der Waals surface area contributed by atoms with Crippen molar-refractivity contribution in [1.82, 2.24) is 10.3 Å². The van der Waals surface area contributed by atoms with E-state index in [1.807, 2.05) is 29.6 Å². The number of carbonyl (C=O) groups is 2. The number of nitrogens with zero attached hydrogens (tertiary/aromatic N) is 2. The van der Waals surface area contributed by atoms with Gasteiger partial charge in [-0.25, -0.2) is 4.98 Å². The number of amides is 1. The fraction of sp³-hybridized carbons (Fsp3) is 0.233. The predicted octanol–water partition coefficient (Wildman–Crippen LogP) is 7.96. The number of aromatic nitrogens is 1. The van der Waals surface area contributed by atoms with Gasteiger partial charge < -0.3 is 15.3 Å². The number of anilines is 2. The molecule has 1 amide bonds. The summed E-state index contributed by atoms with van der Waals surface area (Å²) in [5.74, 6) is -1.26. The molecule has 0 atom stereocenters. The number of hydrogen-bond donors (Lipinski definition) is 2. The fourth-order valence-corrected chi connectivity index (χ4v) is 5.07. The Morgan fingerprint density at radius 3 is 2.28 bits per heavy atom. The van der Waals surface area contributed by atoms with Crippen LogP contribution in [-0.2, 0) is 16.8 Å². The van der Waals surface area contributed by atoms with Crippen LogP contribution in [0.25, 0.3) is 11.3 Å². The number of thiazole rings is 1. The average molecular weight is 583 g/mol. The van der Waals surface area contributed by atoms with E-state index in [2.05, 4.69) is 55.3 Å². The predicted molar refractivity (Wildman–Crippen MR) is 160 cm³/mol. The summed E-state index contributed by atoms with van der Waals surface area (Å²) in [5.41, 5.74) is 5.41. The van der Waals surface area contributed by atoms with Crippen LogP contribution in [0.2, 0.25) is 10.0 Å². The highest BCUT2D eigenvalue weighted by Gasteiger charge is 2.18. The van der Waals surface area contributed by atoms with Crippen LogP contribution in [0.1, 0.15) is 48.7 Å². The van der Waals surface area contributed by atoms with Gasteiger partial charge in [-0.2, -0.15) is 0 Å². The molecule has 4 aromatic rings. The largest absolute Gasteiger partial charge is 0.481 e. The van der Waals surface area contributed by atoms with Crippen molar-refractivity contribution < 1.29 is 14.7 Å². The second-order valence-corrected chi connectivity index (χ2v) is 11.8. The maximum atomic E-state index is 12.4. The van der Waals surface area contributed by atoms with E-state index in [1.54, 1.807) is 18.2 Å². The van der Waals surface area contributed by atoms with Gasteiger partial charge in [-0.05, 0) is 52.9 Å². The highest BCUT2D eigenvalue weighted by Crippen LogP contribution is 2.36. The fourth-order valence-electron chi connectivity index (χ4n) is 3.92. The number of carbonyl (C=O) groups excluding carboxylic acids is 1. The standard InChI is InChI=1S/C30H29Cl2N3O3S/c1-30(2,3)22-9-11-23(12-10-22)35(29-34-26(18-39-29)21-8-13-24(31)25(32)16-21)17-19-4-6-20(7-5-19)28(38)33-15-14-27(36)37/h4-13,16,18H,14-15,17H2,1-3H3,(H,33,38)(H,36,37). The highest BCUT2D eigenvalue weighted by atomic mass is 35.5. The van der Waals surface area contributed by atoms with E-state index in [1.165, 1.54) is 16.9 Å². The number of halogens is 2. The molecule has 0 aliphatic heterocycles. The average Bonchev–Trinajstić information content (AvgIpc) is 3.38. The Morgan fingerprint density at radius 1 is 0.974 bits per heavy atom. The minimum atomic E-state index is -0.953. The van der Waals surface area contributed by atoms with Crippen molar-refractivity contribution in [2.75, 3.05) is 11.4 Å². The number of hydrogen-bond acceptors (Lipinski definition) is 5. The lowest BCUT2D eigenvalue weighted by molar-refractivity contribution is -0.136. The molecular weight excluding hydrogens is 553 g/mol. The smallest absolute Gasteiger partial charge is 0.305 e. The number of benzene rings is 3. The second kappa shape index (κ2) is 12.2. The monoisotopic (exact) mass is 581 g/mol. The van der Waals surface area contributed by atoms with Crippen LogP contribution in [0.4, 0.5) is 10.8 Å². The van der Waals surface area contributed by atoms with Crippen LogP contribution in [0, 0.1) is 0 Å². The van der Waals surface area contributed by atoms with E-state index < -0.39 is 5.97 Å². The maximum Gasteiger partial charge on any atom is 0.305 e. The first-order valence-corrected chi connectivity index (χ1v) is 14.0. The van der Waals surface area contributed by atoms with Crippen LogP contribution < -0.4 is 10.2 Å². The van der Waals surface area contributed by atoms with E-state index >= 15 is 0 Å². The van der Waals surface area contributed by atoms with E-state index in [0.29, 0.717) is 22.2 Å². The van der Waals surface area contributed by atoms with Crippen molar-refractivity contribution in [1.29, 1.82) is 0 Å². The second-order valence-electron chi connectivity index (χ2n) is 10.1. The zero-order valence-electron chi connectivity index (χ0n) is 21.9. The molecule has 202 valence electrons. The van der Waals surface area contributed by atoms with Crippen LogP contribution in [0.15, 0.2) is 72.1 Å². The van der Waals surface area contributed by atoms with E-state index in [0.717, 1.165) is 27.6 Å². The van der Waals surface area contributed by atoms with Crippen LogP contribution >= 0.6 is 34.5 Å². The van der Waals surface area contributed by atoms with Gasteiger partial charge in [0.1, 0.15) is 0 Å². The zero-order valence-corrected chi connectivity index (χ0v) is 24.2. The Bertz CT molecular complexity index is 1460. The quantitative estimate of drug-likeness (QED) is 0.209. The van der Waals surface area contributed by atoms with E-state index in [4.69, 9.17) is 33.3 Å². The Hall–Kier alpha value is -3.39. The molecule has 0 fully saturated rings. The molecule has 0 saturated heterocycles. The van der Waals surface area contributed by atoms with Gasteiger partial charge in [0.2, 0.25) is 0 Å². The molecule has 0 aliphatic carbocycles. The van der Waals surface area contributed by atoms with Crippen molar-refractivity contribution >= 4 is 57.2 Å². The third kappa shape index (κ3) is 7.38. The molecule has 0 bridgehead atoms. The van der Waals surface area contributed by atoms with Gasteiger partial charge in [0.25, 0.3) is 5.91 Å². The number of nitrogens with one attached hydrogen (secondary N) is 1. The van der Waals surface area contributed by atoms with Gasteiger partial charge in [-0.1, -0.05) is 74.3 Å². The minimum Gasteiger partial charge on any atom is -0.481 e. The van der Waals surface area contributed by atoms with Crippen LogP contribution in [0.5, 0.6) is 0 Å². The summed E-state index contributed by atoms with van der Waals surface area (Å²) >= 11 is 13.9. The third-order valence-electron chi connectivity index (χ3n) is 6.16. The van der Waals surface area contributed by atoms with Crippen LogP contribution in [-0.4, -0.2) is 28.5 Å². The summed E-state index contributed by atoms with van der Waals surface area (Å²) in [4.78, 5) is 30.1. The number of carboxylic acid groups (broad SMARTS) is 1. The molecule has 3 aromatic carbocycles. The number of aliphatic carboxylic acids is 1. The molecule has 9 heteroatoms. The van der Waals surface area contributed by atoms with Gasteiger partial charge in [-0.3, -0.25) is 9.59 Å². The first-order valence-electron chi connectivity index (χ1n) is 12.4. The molecule has 1 aromatic heterocycles. The summed E-state index contributed by atoms with van der Waals surface area (Å²) in [5, 5.41) is 15.2. The highest BCUT2D eigenvalue weighted by molar-refractivity contribution is 7.14. The lowest BCUT2D eigenvalue weighted by atomic mass is 9.87. The molecule has 4 rings (SSSR count). The SMILES string of the molecule is CC(C)(C)c1ccc(N(Cc2ccc(C(=O)NCCC(=O)O)cc2)c2nc(-c3ccc(Cl)c(Cl)c3)cs2)cc1. The Morgan fingerprint density at radius 2 is 1.67 bits per heavy atom. The molecule has 0 saturated carbocycles. The molecular formula is C30H29Cl2N3O3S.